The van der Waals surface area contributed by atoms with Crippen molar-refractivity contribution in [3.05, 3.63) is 34.8 Å². The number of ether oxygens (including phenoxy) is 2. The summed E-state index contributed by atoms with van der Waals surface area (Å²) in [7, 11) is 0. The Morgan fingerprint density at radius 1 is 1.22 bits per heavy atom. The van der Waals surface area contributed by atoms with Crippen molar-refractivity contribution in [2.24, 2.45) is 0 Å². The quantitative estimate of drug-likeness (QED) is 0.103. The second-order valence-corrected chi connectivity index (χ2v) is 5.49. The maximum Gasteiger partial charge on any atom is 0.387 e. The molecule has 1 aromatic carbocycles. The number of Topliss-reactive ketones (excluding diaryl/α,β-unsaturated/α-hetero) is 1. The van der Waals surface area contributed by atoms with Crippen molar-refractivity contribution in [2.45, 2.75) is 32.4 Å². The topological polar surface area (TPSA) is 90.7 Å². The summed E-state index contributed by atoms with van der Waals surface area (Å²) in [5.74, 6) is -10.5. The van der Waals surface area contributed by atoms with Gasteiger partial charge >= 0.3 is 12.6 Å². The molecule has 0 bridgehead atoms. The van der Waals surface area contributed by atoms with Gasteiger partial charge in [-0.15, -0.1) is 0 Å². The molecule has 0 aliphatic heterocycles. The Hall–Kier alpha value is -2.85. The molecule has 0 heterocycles. The fourth-order valence-electron chi connectivity index (χ4n) is 2.08. The highest BCUT2D eigenvalue weighted by Gasteiger charge is 2.34. The number of nitrogen functional groups attached to an aromatic ring is 1. The highest BCUT2D eigenvalue weighted by atomic mass is 19.3. The van der Waals surface area contributed by atoms with Crippen LogP contribution in [0.1, 0.15) is 30.1 Å². The molecule has 0 atom stereocenters. The Labute approximate surface area is 150 Å². The number of halogens is 5. The van der Waals surface area contributed by atoms with Gasteiger partial charge in [0.05, 0.1) is 17.9 Å². The molecule has 27 heavy (non-hydrogen) atoms. The lowest BCUT2D eigenvalue weighted by Crippen LogP contribution is -2.23. The fraction of sp³-hybridized carbons (Fsp3) is 0.375. The van der Waals surface area contributed by atoms with Crippen LogP contribution in [0.2, 0.25) is 0 Å². The third-order valence-electron chi connectivity index (χ3n) is 3.53. The Morgan fingerprint density at radius 3 is 2.37 bits per heavy atom. The van der Waals surface area contributed by atoms with Crippen LogP contribution in [-0.2, 0) is 9.53 Å². The van der Waals surface area contributed by atoms with E-state index in [1.165, 1.54) is 6.92 Å². The molecule has 0 radical (unpaired) electrons. The van der Waals surface area contributed by atoms with Gasteiger partial charge in [-0.25, -0.2) is 13.6 Å². The SMILES string of the molecule is CCOC(=O)C(=CNC1CC1)C(=O)c1c(N)c(F)c(F)c(OC(F)F)c1F. The van der Waals surface area contributed by atoms with Gasteiger partial charge in [0.25, 0.3) is 0 Å². The van der Waals surface area contributed by atoms with Crippen LogP contribution >= 0.6 is 0 Å². The van der Waals surface area contributed by atoms with E-state index in [9.17, 15) is 31.5 Å². The molecule has 0 saturated heterocycles. The summed E-state index contributed by atoms with van der Waals surface area (Å²) in [6.45, 7) is -2.39. The lowest BCUT2D eigenvalue weighted by atomic mass is 10.0. The maximum atomic E-state index is 14.4. The third kappa shape index (κ3) is 4.47. The first kappa shape index (κ1) is 20.5. The van der Waals surface area contributed by atoms with E-state index in [0.29, 0.717) is 0 Å². The minimum Gasteiger partial charge on any atom is -0.462 e. The van der Waals surface area contributed by atoms with Crippen LogP contribution in [0.25, 0.3) is 0 Å². The van der Waals surface area contributed by atoms with Gasteiger partial charge in [-0.05, 0) is 19.8 Å². The van der Waals surface area contributed by atoms with Gasteiger partial charge in [0.15, 0.2) is 11.6 Å². The standard InChI is InChI=1S/C16H15F5N2O4/c1-2-26-15(25)7(5-23-6-3-4-6)13(24)8-9(17)14(27-16(20)21)11(19)10(18)12(8)22/h5-6,16,23H,2-4,22H2,1H3. The number of alkyl halides is 2. The second-order valence-electron chi connectivity index (χ2n) is 5.49. The maximum absolute atomic E-state index is 14.4. The van der Waals surface area contributed by atoms with Gasteiger partial charge in [0, 0.05) is 12.2 Å². The average Bonchev–Trinajstić information content (AvgIpc) is 3.41. The number of esters is 1. The van der Waals surface area contributed by atoms with Crippen LogP contribution < -0.4 is 15.8 Å². The molecule has 2 rings (SSSR count). The number of hydrogen-bond donors (Lipinski definition) is 2. The van der Waals surface area contributed by atoms with E-state index < -0.39 is 58.4 Å². The van der Waals surface area contributed by atoms with E-state index in [2.05, 4.69) is 14.8 Å². The van der Waals surface area contributed by atoms with E-state index in [1.54, 1.807) is 0 Å². The third-order valence-corrected chi connectivity index (χ3v) is 3.53. The van der Waals surface area contributed by atoms with Crippen LogP contribution in [-0.4, -0.2) is 31.0 Å². The van der Waals surface area contributed by atoms with Crippen molar-refractivity contribution in [1.29, 1.82) is 0 Å². The number of nitrogens with one attached hydrogen (secondary N) is 1. The summed E-state index contributed by atoms with van der Waals surface area (Å²) in [4.78, 5) is 24.6. The van der Waals surface area contributed by atoms with Crippen LogP contribution in [0, 0.1) is 17.5 Å². The molecule has 148 valence electrons. The summed E-state index contributed by atoms with van der Waals surface area (Å²) in [6.07, 6.45) is 2.45. The van der Waals surface area contributed by atoms with E-state index in [-0.39, 0.29) is 12.6 Å². The molecular weight excluding hydrogens is 379 g/mol. The smallest absolute Gasteiger partial charge is 0.387 e. The molecule has 1 saturated carbocycles. The van der Waals surface area contributed by atoms with Gasteiger partial charge < -0.3 is 20.5 Å². The molecule has 6 nitrogen and oxygen atoms in total. The van der Waals surface area contributed by atoms with Crippen molar-refractivity contribution in [2.75, 3.05) is 12.3 Å². The molecular formula is C16H15F5N2O4. The number of anilines is 1. The molecule has 0 aromatic heterocycles. The number of benzene rings is 1. The highest BCUT2D eigenvalue weighted by molar-refractivity contribution is 6.25. The molecule has 3 N–H and O–H groups in total. The highest BCUT2D eigenvalue weighted by Crippen LogP contribution is 2.35. The zero-order valence-electron chi connectivity index (χ0n) is 14.0. The lowest BCUT2D eigenvalue weighted by molar-refractivity contribution is -0.138. The molecule has 1 aliphatic rings. The number of ketones is 1. The monoisotopic (exact) mass is 394 g/mol. The van der Waals surface area contributed by atoms with Gasteiger partial charge in [-0.1, -0.05) is 0 Å². The molecule has 1 fully saturated rings. The van der Waals surface area contributed by atoms with Crippen molar-refractivity contribution >= 4 is 17.4 Å². The Kier molecular flexibility index (Phi) is 6.24. The van der Waals surface area contributed by atoms with Gasteiger partial charge in [-0.3, -0.25) is 4.79 Å². The summed E-state index contributed by atoms with van der Waals surface area (Å²) in [5, 5.41) is 2.69. The summed E-state index contributed by atoms with van der Waals surface area (Å²) in [6, 6.07) is -0.0212. The zero-order chi connectivity index (χ0) is 20.3. The molecule has 1 aromatic rings. The molecule has 0 spiro atoms. The Morgan fingerprint density at radius 2 is 1.85 bits per heavy atom. The van der Waals surface area contributed by atoms with E-state index in [1.807, 2.05) is 0 Å². The van der Waals surface area contributed by atoms with Crippen LogP contribution in [0.15, 0.2) is 11.8 Å². The van der Waals surface area contributed by atoms with Crippen LogP contribution in [0.4, 0.5) is 27.6 Å². The predicted molar refractivity (Wildman–Crippen MR) is 82.6 cm³/mol. The van der Waals surface area contributed by atoms with E-state index in [4.69, 9.17) is 5.73 Å². The predicted octanol–water partition coefficient (Wildman–Crippen LogP) is 2.67. The number of rotatable bonds is 8. The summed E-state index contributed by atoms with van der Waals surface area (Å²) in [5.41, 5.74) is 1.87. The molecule has 0 amide bonds. The largest absolute Gasteiger partial charge is 0.462 e. The van der Waals surface area contributed by atoms with Crippen molar-refractivity contribution in [3.63, 3.8) is 0 Å². The Balaban J connectivity index is 2.55. The number of nitrogens with two attached hydrogens (primary N) is 1. The lowest BCUT2D eigenvalue weighted by Gasteiger charge is -2.14. The van der Waals surface area contributed by atoms with Crippen LogP contribution in [0.3, 0.4) is 0 Å². The molecule has 1 aliphatic carbocycles. The molecule has 0 unspecified atom stereocenters. The van der Waals surface area contributed by atoms with Crippen molar-refractivity contribution in [3.8, 4) is 5.75 Å². The van der Waals surface area contributed by atoms with Gasteiger partial charge in [0.2, 0.25) is 17.3 Å². The first-order valence-electron chi connectivity index (χ1n) is 7.77. The van der Waals surface area contributed by atoms with Crippen molar-refractivity contribution < 1.29 is 41.0 Å². The minimum atomic E-state index is -3.70. The van der Waals surface area contributed by atoms with Crippen LogP contribution in [0.5, 0.6) is 5.75 Å². The zero-order valence-corrected chi connectivity index (χ0v) is 14.0. The fourth-order valence-corrected chi connectivity index (χ4v) is 2.08. The second kappa shape index (κ2) is 8.23. The molecule has 11 heteroatoms. The van der Waals surface area contributed by atoms with Gasteiger partial charge in [-0.2, -0.15) is 13.2 Å². The number of hydrogen-bond acceptors (Lipinski definition) is 6. The number of carbonyl (C=O) groups is 2. The van der Waals surface area contributed by atoms with Gasteiger partial charge in [0.1, 0.15) is 5.57 Å². The van der Waals surface area contributed by atoms with Crippen molar-refractivity contribution in [1.82, 2.24) is 5.32 Å². The first-order chi connectivity index (χ1) is 12.7. The first-order valence-corrected chi connectivity index (χ1v) is 7.77. The average molecular weight is 394 g/mol. The minimum absolute atomic E-state index is 0.0212. The Bertz CT molecular complexity index is 794. The van der Waals surface area contributed by atoms with E-state index in [0.717, 1.165) is 19.0 Å². The summed E-state index contributed by atoms with van der Waals surface area (Å²) >= 11 is 0. The normalized spacial score (nSPS) is 14.3. The van der Waals surface area contributed by atoms with E-state index >= 15 is 0 Å². The number of carbonyl (C=O) groups excluding carboxylic acids is 2. The summed E-state index contributed by atoms with van der Waals surface area (Å²) < 4.78 is 75.0.